The van der Waals surface area contributed by atoms with Gasteiger partial charge in [0.05, 0.1) is 0 Å². The monoisotopic (exact) mass is 202 g/mol. The predicted octanol–water partition coefficient (Wildman–Crippen LogP) is 0.673. The van der Waals surface area contributed by atoms with E-state index in [1.807, 2.05) is 11.8 Å². The molecule has 12 heavy (non-hydrogen) atoms. The molecule has 0 amide bonds. The van der Waals surface area contributed by atoms with Gasteiger partial charge in [0.2, 0.25) is 10.3 Å². The maximum Gasteiger partial charge on any atom is 0.210 e. The highest BCUT2D eigenvalue weighted by atomic mass is 32.2. The van der Waals surface area contributed by atoms with E-state index in [1.165, 1.54) is 22.8 Å². The van der Waals surface area contributed by atoms with E-state index in [4.69, 9.17) is 5.73 Å². The molecule has 1 fully saturated rings. The van der Waals surface area contributed by atoms with Crippen LogP contribution in [0.3, 0.4) is 0 Å². The molecule has 1 aromatic heterocycles. The quantitative estimate of drug-likeness (QED) is 0.725. The molecule has 4 nitrogen and oxygen atoms in total. The van der Waals surface area contributed by atoms with E-state index in [1.54, 1.807) is 0 Å². The second kappa shape index (κ2) is 3.49. The minimum Gasteiger partial charge on any atom is -0.374 e. The van der Waals surface area contributed by atoms with Crippen LogP contribution in [0.1, 0.15) is 0 Å². The van der Waals surface area contributed by atoms with Crippen LogP contribution in [0.25, 0.3) is 0 Å². The number of rotatable bonds is 1. The first-order chi connectivity index (χ1) is 5.86. The Balaban J connectivity index is 2.08. The number of aromatic nitrogens is 2. The van der Waals surface area contributed by atoms with Crippen molar-refractivity contribution in [3.05, 3.63) is 0 Å². The standard InChI is InChI=1S/C6H10N4S2/c7-5-8-9-6(12-5)10-1-3-11-4-2-10/h1-4H2,(H2,7,8). The highest BCUT2D eigenvalue weighted by Crippen LogP contribution is 2.23. The fourth-order valence-electron chi connectivity index (χ4n) is 1.11. The van der Waals surface area contributed by atoms with E-state index < -0.39 is 0 Å². The van der Waals surface area contributed by atoms with E-state index >= 15 is 0 Å². The lowest BCUT2D eigenvalue weighted by atomic mass is 10.5. The minimum atomic E-state index is 0.559. The lowest BCUT2D eigenvalue weighted by molar-refractivity contribution is 0.840. The minimum absolute atomic E-state index is 0.559. The van der Waals surface area contributed by atoms with Crippen molar-refractivity contribution in [3.8, 4) is 0 Å². The van der Waals surface area contributed by atoms with Crippen LogP contribution >= 0.6 is 23.1 Å². The summed E-state index contributed by atoms with van der Waals surface area (Å²) in [6, 6.07) is 0. The molecule has 0 atom stereocenters. The highest BCUT2D eigenvalue weighted by molar-refractivity contribution is 7.99. The first-order valence-corrected chi connectivity index (χ1v) is 5.75. The molecule has 1 aliphatic heterocycles. The third-order valence-electron chi connectivity index (χ3n) is 1.71. The molecule has 1 aromatic rings. The number of nitrogen functional groups attached to an aromatic ring is 1. The average Bonchev–Trinajstić information content (AvgIpc) is 2.54. The van der Waals surface area contributed by atoms with Crippen molar-refractivity contribution in [1.29, 1.82) is 0 Å². The maximum absolute atomic E-state index is 5.50. The third-order valence-corrected chi connectivity index (χ3v) is 3.47. The number of hydrogen-bond donors (Lipinski definition) is 1. The van der Waals surface area contributed by atoms with Gasteiger partial charge < -0.3 is 10.6 Å². The van der Waals surface area contributed by atoms with Crippen molar-refractivity contribution in [2.75, 3.05) is 35.2 Å². The van der Waals surface area contributed by atoms with Gasteiger partial charge in [0, 0.05) is 24.6 Å². The summed E-state index contributed by atoms with van der Waals surface area (Å²) in [5, 5.41) is 9.31. The smallest absolute Gasteiger partial charge is 0.210 e. The molecule has 0 spiro atoms. The molecular weight excluding hydrogens is 192 g/mol. The van der Waals surface area contributed by atoms with Gasteiger partial charge in [-0.1, -0.05) is 11.3 Å². The van der Waals surface area contributed by atoms with Crippen LogP contribution < -0.4 is 10.6 Å². The molecule has 66 valence electrons. The van der Waals surface area contributed by atoms with Crippen LogP contribution in [0.15, 0.2) is 0 Å². The summed E-state index contributed by atoms with van der Waals surface area (Å²) < 4.78 is 0. The fraction of sp³-hybridized carbons (Fsp3) is 0.667. The van der Waals surface area contributed by atoms with Crippen molar-refractivity contribution in [2.45, 2.75) is 0 Å². The van der Waals surface area contributed by atoms with Gasteiger partial charge in [0.15, 0.2) is 0 Å². The molecule has 0 bridgehead atoms. The molecule has 0 radical (unpaired) electrons. The van der Waals surface area contributed by atoms with Crippen LogP contribution in [-0.4, -0.2) is 34.8 Å². The number of thioether (sulfide) groups is 1. The maximum atomic E-state index is 5.50. The van der Waals surface area contributed by atoms with Gasteiger partial charge >= 0.3 is 0 Å². The molecule has 2 N–H and O–H groups in total. The number of nitrogens with two attached hydrogens (primary N) is 1. The SMILES string of the molecule is Nc1nnc(N2CCSCC2)s1. The second-order valence-corrected chi connectivity index (χ2v) is 4.73. The summed E-state index contributed by atoms with van der Waals surface area (Å²) in [5.74, 6) is 2.36. The molecule has 2 rings (SSSR count). The summed E-state index contributed by atoms with van der Waals surface area (Å²) >= 11 is 3.45. The molecule has 1 saturated heterocycles. The summed E-state index contributed by atoms with van der Waals surface area (Å²) in [4.78, 5) is 2.24. The predicted molar refractivity (Wildman–Crippen MR) is 53.9 cm³/mol. The molecule has 2 heterocycles. The molecule has 0 saturated carbocycles. The molecular formula is C6H10N4S2. The first-order valence-electron chi connectivity index (χ1n) is 3.78. The van der Waals surface area contributed by atoms with Crippen LogP contribution in [0.4, 0.5) is 10.3 Å². The Hall–Kier alpha value is -0.490. The van der Waals surface area contributed by atoms with Crippen LogP contribution in [0.5, 0.6) is 0 Å². The highest BCUT2D eigenvalue weighted by Gasteiger charge is 2.14. The van der Waals surface area contributed by atoms with Gasteiger partial charge in [0.1, 0.15) is 0 Å². The molecule has 0 aliphatic carbocycles. The van der Waals surface area contributed by atoms with E-state index in [2.05, 4.69) is 15.1 Å². The Morgan fingerprint density at radius 2 is 2.00 bits per heavy atom. The van der Waals surface area contributed by atoms with E-state index in [0.29, 0.717) is 5.13 Å². The Morgan fingerprint density at radius 3 is 2.58 bits per heavy atom. The summed E-state index contributed by atoms with van der Waals surface area (Å²) in [6.45, 7) is 2.14. The topological polar surface area (TPSA) is 55.0 Å². The normalized spacial score (nSPS) is 18.2. The Bertz CT molecular complexity index is 256. The summed E-state index contributed by atoms with van der Waals surface area (Å²) in [5.41, 5.74) is 5.50. The Labute approximate surface area is 79.2 Å². The largest absolute Gasteiger partial charge is 0.374 e. The number of hydrogen-bond acceptors (Lipinski definition) is 6. The number of anilines is 2. The van der Waals surface area contributed by atoms with Crippen LogP contribution in [0.2, 0.25) is 0 Å². The van der Waals surface area contributed by atoms with Gasteiger partial charge in [-0.25, -0.2) is 0 Å². The van der Waals surface area contributed by atoms with Gasteiger partial charge in [0.25, 0.3) is 0 Å². The third kappa shape index (κ3) is 1.64. The van der Waals surface area contributed by atoms with Crippen molar-refractivity contribution < 1.29 is 0 Å². The second-order valence-electron chi connectivity index (χ2n) is 2.52. The van der Waals surface area contributed by atoms with Gasteiger partial charge in [-0.3, -0.25) is 0 Å². The first kappa shape index (κ1) is 8.12. The molecule has 1 aliphatic rings. The van der Waals surface area contributed by atoms with E-state index in [-0.39, 0.29) is 0 Å². The van der Waals surface area contributed by atoms with Gasteiger partial charge in [-0.05, 0) is 0 Å². The van der Waals surface area contributed by atoms with Crippen molar-refractivity contribution >= 4 is 33.4 Å². The van der Waals surface area contributed by atoms with E-state index in [0.717, 1.165) is 18.2 Å². The van der Waals surface area contributed by atoms with Gasteiger partial charge in [-0.15, -0.1) is 10.2 Å². The summed E-state index contributed by atoms with van der Waals surface area (Å²) in [7, 11) is 0. The van der Waals surface area contributed by atoms with Gasteiger partial charge in [-0.2, -0.15) is 11.8 Å². The zero-order chi connectivity index (χ0) is 8.39. The van der Waals surface area contributed by atoms with E-state index in [9.17, 15) is 0 Å². The van der Waals surface area contributed by atoms with Crippen molar-refractivity contribution in [2.24, 2.45) is 0 Å². The lowest BCUT2D eigenvalue weighted by Gasteiger charge is -2.24. The van der Waals surface area contributed by atoms with Crippen molar-refractivity contribution in [1.82, 2.24) is 10.2 Å². The lowest BCUT2D eigenvalue weighted by Crippen LogP contribution is -2.32. The van der Waals surface area contributed by atoms with Crippen molar-refractivity contribution in [3.63, 3.8) is 0 Å². The van der Waals surface area contributed by atoms with Crippen LogP contribution in [-0.2, 0) is 0 Å². The Kier molecular flexibility index (Phi) is 2.36. The molecule has 0 unspecified atom stereocenters. The zero-order valence-corrected chi connectivity index (χ0v) is 8.20. The average molecular weight is 202 g/mol. The number of nitrogens with zero attached hydrogens (tertiary/aromatic N) is 3. The fourth-order valence-corrected chi connectivity index (χ4v) is 2.67. The molecule has 0 aromatic carbocycles. The summed E-state index contributed by atoms with van der Waals surface area (Å²) in [6.07, 6.45) is 0. The zero-order valence-electron chi connectivity index (χ0n) is 6.56. The van der Waals surface area contributed by atoms with Crippen LogP contribution in [0, 0.1) is 0 Å². The molecule has 6 heteroatoms. The Morgan fingerprint density at radius 1 is 1.25 bits per heavy atom.